The van der Waals surface area contributed by atoms with Crippen molar-refractivity contribution in [3.63, 3.8) is 0 Å². The van der Waals surface area contributed by atoms with E-state index in [0.717, 1.165) is 37.2 Å². The normalized spacial score (nSPS) is 14.0. The number of pyridine rings is 1. The van der Waals surface area contributed by atoms with E-state index in [2.05, 4.69) is 10.2 Å². The van der Waals surface area contributed by atoms with E-state index in [1.54, 1.807) is 17.9 Å². The van der Waals surface area contributed by atoms with E-state index in [4.69, 9.17) is 20.1 Å². The number of rotatable bonds is 7. The van der Waals surface area contributed by atoms with E-state index < -0.39 is 5.82 Å². The number of aromatic nitrogens is 3. The van der Waals surface area contributed by atoms with Crippen LogP contribution in [0.1, 0.15) is 24.0 Å². The maximum Gasteiger partial charge on any atom is 0.154 e. The first-order valence-electron chi connectivity index (χ1n) is 12.0. The zero-order valence-corrected chi connectivity index (χ0v) is 20.1. The second kappa shape index (κ2) is 10.6. The number of ether oxygens (including phenoxy) is 1. The molecular weight excluding hydrogens is 455 g/mol. The summed E-state index contributed by atoms with van der Waals surface area (Å²) in [5.74, 6) is 0.702. The van der Waals surface area contributed by atoms with Crippen molar-refractivity contribution in [2.24, 2.45) is 0 Å². The Hall–Kier alpha value is -4.22. The fraction of sp³-hybridized carbons (Fsp3) is 0.250. The lowest BCUT2D eigenvalue weighted by Gasteiger charge is -2.32. The first kappa shape index (κ1) is 23.5. The Kier molecular flexibility index (Phi) is 6.92. The van der Waals surface area contributed by atoms with Crippen LogP contribution in [0.2, 0.25) is 0 Å². The number of hydrogen-bond acceptors (Lipinski definition) is 6. The van der Waals surface area contributed by atoms with E-state index in [-0.39, 0.29) is 5.56 Å². The van der Waals surface area contributed by atoms with Gasteiger partial charge < -0.3 is 15.0 Å². The summed E-state index contributed by atoms with van der Waals surface area (Å²) < 4.78 is 21.6. The average Bonchev–Trinajstić information content (AvgIpc) is 3.37. The molecule has 1 saturated heterocycles. The molecule has 7 nitrogen and oxygen atoms in total. The zero-order valence-electron chi connectivity index (χ0n) is 20.1. The van der Waals surface area contributed by atoms with Gasteiger partial charge in [-0.15, -0.1) is 5.10 Å². The SMILES string of the molecule is COC1CCN(c2ccc(-n3nc(NCc4ccccc4)cc3-c3ccc(C#N)c(F)c3)nc2)CC1. The number of halogens is 1. The topological polar surface area (TPSA) is 79.0 Å². The van der Waals surface area contributed by atoms with Crippen LogP contribution in [0.15, 0.2) is 72.9 Å². The van der Waals surface area contributed by atoms with Crippen LogP contribution < -0.4 is 10.2 Å². The molecule has 0 radical (unpaired) electrons. The van der Waals surface area contributed by atoms with Crippen LogP contribution >= 0.6 is 0 Å². The monoisotopic (exact) mass is 482 g/mol. The minimum Gasteiger partial charge on any atom is -0.381 e. The van der Waals surface area contributed by atoms with Gasteiger partial charge in [-0.05, 0) is 42.7 Å². The minimum atomic E-state index is -0.565. The van der Waals surface area contributed by atoms with Crippen molar-refractivity contribution in [1.29, 1.82) is 5.26 Å². The lowest BCUT2D eigenvalue weighted by atomic mass is 10.1. The van der Waals surface area contributed by atoms with Crippen molar-refractivity contribution in [3.05, 3.63) is 89.9 Å². The maximum atomic E-state index is 14.5. The molecule has 0 atom stereocenters. The number of hydrogen-bond donors (Lipinski definition) is 1. The third kappa shape index (κ3) is 5.07. The highest BCUT2D eigenvalue weighted by atomic mass is 19.1. The highest BCUT2D eigenvalue weighted by Crippen LogP contribution is 2.28. The van der Waals surface area contributed by atoms with Crippen molar-refractivity contribution in [2.45, 2.75) is 25.5 Å². The number of nitriles is 1. The van der Waals surface area contributed by atoms with E-state index in [1.165, 1.54) is 12.1 Å². The molecule has 0 amide bonds. The van der Waals surface area contributed by atoms with Crippen molar-refractivity contribution in [2.75, 3.05) is 30.4 Å². The van der Waals surface area contributed by atoms with Crippen molar-refractivity contribution in [3.8, 4) is 23.1 Å². The molecule has 1 aliphatic heterocycles. The Labute approximate surface area is 209 Å². The largest absolute Gasteiger partial charge is 0.381 e. The molecule has 2 aromatic carbocycles. The molecule has 0 unspecified atom stereocenters. The van der Waals surface area contributed by atoms with Gasteiger partial charge in [0.2, 0.25) is 0 Å². The van der Waals surface area contributed by atoms with Crippen LogP contribution in [-0.4, -0.2) is 41.1 Å². The van der Waals surface area contributed by atoms with Crippen LogP contribution in [0.25, 0.3) is 17.1 Å². The molecule has 1 N–H and O–H groups in total. The lowest BCUT2D eigenvalue weighted by molar-refractivity contribution is 0.0819. The molecule has 3 heterocycles. The van der Waals surface area contributed by atoms with E-state index >= 15 is 0 Å². The molecule has 2 aromatic heterocycles. The highest BCUT2D eigenvalue weighted by Gasteiger charge is 2.20. The summed E-state index contributed by atoms with van der Waals surface area (Å²) in [5, 5.41) is 17.2. The quantitative estimate of drug-likeness (QED) is 0.391. The molecule has 0 spiro atoms. The van der Waals surface area contributed by atoms with Crippen LogP contribution in [0.3, 0.4) is 0 Å². The van der Waals surface area contributed by atoms with Gasteiger partial charge in [0, 0.05) is 38.4 Å². The Morgan fingerprint density at radius 1 is 1.08 bits per heavy atom. The molecule has 36 heavy (non-hydrogen) atoms. The fourth-order valence-electron chi connectivity index (χ4n) is 4.44. The Morgan fingerprint density at radius 3 is 2.56 bits per heavy atom. The van der Waals surface area contributed by atoms with Crippen molar-refractivity contribution < 1.29 is 9.13 Å². The third-order valence-electron chi connectivity index (χ3n) is 6.50. The molecular formula is C28H27FN6O. The van der Waals surface area contributed by atoms with E-state index in [1.807, 2.05) is 60.8 Å². The summed E-state index contributed by atoms with van der Waals surface area (Å²) in [7, 11) is 1.76. The first-order valence-corrected chi connectivity index (χ1v) is 12.0. The molecule has 0 aliphatic carbocycles. The second-order valence-corrected chi connectivity index (χ2v) is 8.77. The predicted octanol–water partition coefficient (Wildman–Crippen LogP) is 5.17. The van der Waals surface area contributed by atoms with Gasteiger partial charge in [0.15, 0.2) is 5.82 Å². The number of methoxy groups -OCH3 is 1. The van der Waals surface area contributed by atoms with Gasteiger partial charge in [-0.2, -0.15) is 5.26 Å². The Morgan fingerprint density at radius 2 is 1.89 bits per heavy atom. The van der Waals surface area contributed by atoms with Gasteiger partial charge in [0.1, 0.15) is 17.7 Å². The highest BCUT2D eigenvalue weighted by molar-refractivity contribution is 5.67. The number of benzene rings is 2. The summed E-state index contributed by atoms with van der Waals surface area (Å²) in [5.41, 5.74) is 3.47. The summed E-state index contributed by atoms with van der Waals surface area (Å²) in [4.78, 5) is 7.00. The molecule has 1 fully saturated rings. The molecule has 5 rings (SSSR count). The standard InChI is InChI=1S/C28H27FN6O/c1-36-24-11-13-34(14-12-24)23-9-10-28(32-19-23)35-26(21-7-8-22(17-30)25(29)15-21)16-27(33-35)31-18-20-5-3-2-4-6-20/h2-10,15-16,19,24H,11-14,18H2,1H3,(H,31,33). The molecule has 8 heteroatoms. The van der Waals surface area contributed by atoms with Crippen LogP contribution in [-0.2, 0) is 11.3 Å². The van der Waals surface area contributed by atoms with Crippen molar-refractivity contribution in [1.82, 2.24) is 14.8 Å². The average molecular weight is 483 g/mol. The molecule has 0 bridgehead atoms. The minimum absolute atomic E-state index is 0.00645. The summed E-state index contributed by atoms with van der Waals surface area (Å²) >= 11 is 0. The molecule has 0 saturated carbocycles. The predicted molar refractivity (Wildman–Crippen MR) is 137 cm³/mol. The second-order valence-electron chi connectivity index (χ2n) is 8.77. The molecule has 1 aliphatic rings. The Balaban J connectivity index is 1.44. The fourth-order valence-corrected chi connectivity index (χ4v) is 4.44. The third-order valence-corrected chi connectivity index (χ3v) is 6.50. The number of nitrogens with zero attached hydrogens (tertiary/aromatic N) is 5. The Bertz CT molecular complexity index is 1360. The number of piperidine rings is 1. The van der Waals surface area contributed by atoms with Crippen LogP contribution in [0.4, 0.5) is 15.9 Å². The summed E-state index contributed by atoms with van der Waals surface area (Å²) in [6.45, 7) is 2.44. The van der Waals surface area contributed by atoms with Gasteiger partial charge in [-0.3, -0.25) is 0 Å². The van der Waals surface area contributed by atoms with Crippen molar-refractivity contribution >= 4 is 11.5 Å². The van der Waals surface area contributed by atoms with Gasteiger partial charge >= 0.3 is 0 Å². The number of anilines is 2. The molecule has 4 aromatic rings. The maximum absolute atomic E-state index is 14.5. The van der Waals surface area contributed by atoms with Gasteiger partial charge in [0.05, 0.1) is 29.2 Å². The van der Waals surface area contributed by atoms with Gasteiger partial charge in [-0.25, -0.2) is 14.1 Å². The smallest absolute Gasteiger partial charge is 0.154 e. The van der Waals surface area contributed by atoms with E-state index in [9.17, 15) is 4.39 Å². The van der Waals surface area contributed by atoms with Gasteiger partial charge in [-0.1, -0.05) is 36.4 Å². The van der Waals surface area contributed by atoms with E-state index in [0.29, 0.717) is 35.5 Å². The first-order chi connectivity index (χ1) is 17.6. The summed E-state index contributed by atoms with van der Waals surface area (Å²) in [6, 6.07) is 22.3. The van der Waals surface area contributed by atoms with Crippen LogP contribution in [0, 0.1) is 17.1 Å². The van der Waals surface area contributed by atoms with Gasteiger partial charge in [0.25, 0.3) is 0 Å². The summed E-state index contributed by atoms with van der Waals surface area (Å²) in [6.07, 6.45) is 4.14. The lowest BCUT2D eigenvalue weighted by Crippen LogP contribution is -2.36. The zero-order chi connectivity index (χ0) is 24.9. The number of nitrogens with one attached hydrogen (secondary N) is 1. The molecule has 182 valence electrons. The van der Waals surface area contributed by atoms with Crippen LogP contribution in [0.5, 0.6) is 0 Å².